The minimum absolute atomic E-state index is 0.0651. The van der Waals surface area contributed by atoms with Gasteiger partial charge in [0, 0.05) is 17.4 Å². The Morgan fingerprint density at radius 3 is 2.44 bits per heavy atom. The van der Waals surface area contributed by atoms with E-state index in [2.05, 4.69) is 47.6 Å². The molecule has 0 aromatic rings. The Morgan fingerprint density at radius 1 is 1.12 bits per heavy atom. The Morgan fingerprint density at radius 2 is 1.79 bits per heavy atom. The molecule has 0 radical (unpaired) electrons. The standard InChI is InChI=1S/C30H48O4/c1-18(17-31)9-8-10-19(2)20-11-14-29(6)26-21(32)15-23-27(3,4)24(34)12-13-28(23,5)25(26)22(33)16-30(20,29)7/h9,19-20,22-24,31,33-34H,8,10-17H2,1-7H3/b18-9-/t19-,20-,22+,23+,24+,28+,29+,30-/m1/s1. The molecule has 0 aliphatic heterocycles. The van der Waals surface area contributed by atoms with Gasteiger partial charge in [-0.2, -0.15) is 0 Å². The molecule has 0 heterocycles. The fraction of sp³-hybridized carbons (Fsp3) is 0.833. The Bertz CT molecular complexity index is 899. The highest BCUT2D eigenvalue weighted by Crippen LogP contribution is 2.71. The molecule has 0 amide bonds. The van der Waals surface area contributed by atoms with Crippen molar-refractivity contribution in [2.24, 2.45) is 39.4 Å². The molecule has 0 spiro atoms. The molecule has 4 nitrogen and oxygen atoms in total. The molecule has 0 aromatic heterocycles. The van der Waals surface area contributed by atoms with E-state index in [1.807, 2.05) is 6.92 Å². The molecule has 4 aliphatic rings. The van der Waals surface area contributed by atoms with Crippen LogP contribution < -0.4 is 0 Å². The number of ketones is 1. The SMILES string of the molecule is C/C(=C/CC[C@@H](C)[C@H]1CC[C@@]2(C)C3=C([C@@H](O)C[C@]12C)[C@@]1(C)CC[C@H](O)C(C)(C)[C@@H]1CC3=O)CO. The van der Waals surface area contributed by atoms with Gasteiger partial charge < -0.3 is 15.3 Å². The normalized spacial score (nSPS) is 45.0. The Balaban J connectivity index is 1.72. The van der Waals surface area contributed by atoms with E-state index in [9.17, 15) is 20.1 Å². The quantitative estimate of drug-likeness (QED) is 0.455. The first kappa shape index (κ1) is 26.1. The molecule has 0 saturated heterocycles. The van der Waals surface area contributed by atoms with Crippen LogP contribution in [-0.4, -0.2) is 39.9 Å². The molecule has 0 bridgehead atoms. The third-order valence-electron chi connectivity index (χ3n) is 11.6. The van der Waals surface area contributed by atoms with Crippen LogP contribution >= 0.6 is 0 Å². The van der Waals surface area contributed by atoms with E-state index in [0.29, 0.717) is 18.3 Å². The summed E-state index contributed by atoms with van der Waals surface area (Å²) in [7, 11) is 0. The Labute approximate surface area is 206 Å². The number of allylic oxidation sites excluding steroid dienone is 2. The van der Waals surface area contributed by atoms with Crippen LogP contribution in [0.1, 0.15) is 99.8 Å². The van der Waals surface area contributed by atoms with E-state index < -0.39 is 12.2 Å². The summed E-state index contributed by atoms with van der Waals surface area (Å²) < 4.78 is 0. The summed E-state index contributed by atoms with van der Waals surface area (Å²) in [5, 5.41) is 31.9. The average Bonchev–Trinajstić information content (AvgIpc) is 3.03. The lowest BCUT2D eigenvalue weighted by Gasteiger charge is -2.62. The summed E-state index contributed by atoms with van der Waals surface area (Å²) in [6, 6.07) is 0. The fourth-order valence-electron chi connectivity index (χ4n) is 9.24. The third-order valence-corrected chi connectivity index (χ3v) is 11.6. The second kappa shape index (κ2) is 8.56. The van der Waals surface area contributed by atoms with Crippen LogP contribution in [0.4, 0.5) is 0 Å². The largest absolute Gasteiger partial charge is 0.393 e. The summed E-state index contributed by atoms with van der Waals surface area (Å²) in [5.74, 6) is 1.25. The summed E-state index contributed by atoms with van der Waals surface area (Å²) >= 11 is 0. The molecule has 4 heteroatoms. The van der Waals surface area contributed by atoms with Crippen molar-refractivity contribution in [1.82, 2.24) is 0 Å². The first-order chi connectivity index (χ1) is 15.7. The maximum Gasteiger partial charge on any atom is 0.159 e. The lowest BCUT2D eigenvalue weighted by atomic mass is 9.42. The van der Waals surface area contributed by atoms with Gasteiger partial charge in [0.15, 0.2) is 5.78 Å². The van der Waals surface area contributed by atoms with Gasteiger partial charge in [-0.3, -0.25) is 4.79 Å². The van der Waals surface area contributed by atoms with Crippen molar-refractivity contribution in [1.29, 1.82) is 0 Å². The Kier molecular flexibility index (Phi) is 6.57. The maximum atomic E-state index is 13.9. The Hall–Kier alpha value is -0.970. The number of hydrogen-bond acceptors (Lipinski definition) is 4. The van der Waals surface area contributed by atoms with E-state index in [-0.39, 0.29) is 40.0 Å². The number of fused-ring (bicyclic) bond motifs is 4. The predicted molar refractivity (Wildman–Crippen MR) is 136 cm³/mol. The van der Waals surface area contributed by atoms with Crippen molar-refractivity contribution in [2.45, 2.75) is 112 Å². The smallest absolute Gasteiger partial charge is 0.159 e. The number of carbonyl (C=O) groups is 1. The van der Waals surface area contributed by atoms with Crippen LogP contribution in [0, 0.1) is 39.4 Å². The van der Waals surface area contributed by atoms with Gasteiger partial charge in [-0.25, -0.2) is 0 Å². The first-order valence-corrected chi connectivity index (χ1v) is 13.6. The molecule has 2 saturated carbocycles. The highest BCUT2D eigenvalue weighted by Gasteiger charge is 2.67. The molecular weight excluding hydrogens is 424 g/mol. The van der Waals surface area contributed by atoms with Gasteiger partial charge in [-0.1, -0.05) is 53.2 Å². The van der Waals surface area contributed by atoms with Gasteiger partial charge in [-0.15, -0.1) is 0 Å². The van der Waals surface area contributed by atoms with Crippen molar-refractivity contribution in [3.8, 4) is 0 Å². The number of carbonyl (C=O) groups excluding carboxylic acids is 1. The van der Waals surface area contributed by atoms with Crippen LogP contribution in [0.2, 0.25) is 0 Å². The summed E-state index contributed by atoms with van der Waals surface area (Å²) in [6.45, 7) is 15.6. The molecule has 4 rings (SSSR count). The van der Waals surface area contributed by atoms with Crippen molar-refractivity contribution < 1.29 is 20.1 Å². The van der Waals surface area contributed by atoms with E-state index >= 15 is 0 Å². The zero-order valence-electron chi connectivity index (χ0n) is 22.6. The second-order valence-electron chi connectivity index (χ2n) is 13.6. The van der Waals surface area contributed by atoms with Crippen LogP contribution in [0.5, 0.6) is 0 Å². The molecule has 192 valence electrons. The monoisotopic (exact) mass is 472 g/mol. The summed E-state index contributed by atoms with van der Waals surface area (Å²) in [4.78, 5) is 13.9. The van der Waals surface area contributed by atoms with Crippen molar-refractivity contribution in [3.05, 3.63) is 22.8 Å². The van der Waals surface area contributed by atoms with Crippen LogP contribution in [-0.2, 0) is 4.79 Å². The van der Waals surface area contributed by atoms with Gasteiger partial charge in [0.05, 0.1) is 18.8 Å². The van der Waals surface area contributed by atoms with Gasteiger partial charge >= 0.3 is 0 Å². The lowest BCUT2D eigenvalue weighted by Crippen LogP contribution is -2.59. The van der Waals surface area contributed by atoms with E-state index in [0.717, 1.165) is 61.7 Å². The topological polar surface area (TPSA) is 77.8 Å². The van der Waals surface area contributed by atoms with Gasteiger partial charge in [0.1, 0.15) is 0 Å². The predicted octanol–water partition coefficient (Wildman–Crippen LogP) is 5.60. The van der Waals surface area contributed by atoms with Crippen LogP contribution in [0.15, 0.2) is 22.8 Å². The summed E-state index contributed by atoms with van der Waals surface area (Å²) in [6.07, 6.45) is 8.08. The minimum atomic E-state index is -0.583. The summed E-state index contributed by atoms with van der Waals surface area (Å²) in [5.41, 5.74) is 2.13. The number of aliphatic hydroxyl groups is 3. The number of hydrogen-bond donors (Lipinski definition) is 3. The highest BCUT2D eigenvalue weighted by atomic mass is 16.3. The van der Waals surface area contributed by atoms with Crippen molar-refractivity contribution in [2.75, 3.05) is 6.61 Å². The van der Waals surface area contributed by atoms with Crippen LogP contribution in [0.3, 0.4) is 0 Å². The fourth-order valence-corrected chi connectivity index (χ4v) is 9.24. The number of Topliss-reactive ketones (excluding diaryl/α,β-unsaturated/α-hetero) is 1. The van der Waals surface area contributed by atoms with Gasteiger partial charge in [0.2, 0.25) is 0 Å². The van der Waals surface area contributed by atoms with E-state index in [1.165, 1.54) is 0 Å². The van der Waals surface area contributed by atoms with Crippen LogP contribution in [0.25, 0.3) is 0 Å². The number of rotatable bonds is 5. The second-order valence-corrected chi connectivity index (χ2v) is 13.6. The third kappa shape index (κ3) is 3.53. The first-order valence-electron chi connectivity index (χ1n) is 13.6. The number of aliphatic hydroxyl groups excluding tert-OH is 3. The van der Waals surface area contributed by atoms with E-state index in [4.69, 9.17) is 0 Å². The zero-order chi connectivity index (χ0) is 25.3. The highest BCUT2D eigenvalue weighted by molar-refractivity contribution is 6.00. The molecule has 0 unspecified atom stereocenters. The van der Waals surface area contributed by atoms with Crippen molar-refractivity contribution >= 4 is 5.78 Å². The van der Waals surface area contributed by atoms with Gasteiger partial charge in [-0.05, 0) is 91.4 Å². The molecule has 4 aliphatic carbocycles. The molecule has 2 fully saturated rings. The minimum Gasteiger partial charge on any atom is -0.393 e. The van der Waals surface area contributed by atoms with Gasteiger partial charge in [0.25, 0.3) is 0 Å². The molecule has 3 N–H and O–H groups in total. The zero-order valence-corrected chi connectivity index (χ0v) is 22.6. The molecule has 34 heavy (non-hydrogen) atoms. The van der Waals surface area contributed by atoms with E-state index in [1.54, 1.807) is 0 Å². The molecule has 0 aromatic carbocycles. The molecular formula is C30H48O4. The van der Waals surface area contributed by atoms with Crippen molar-refractivity contribution in [3.63, 3.8) is 0 Å². The molecule has 8 atom stereocenters. The average molecular weight is 473 g/mol. The lowest BCUT2D eigenvalue weighted by molar-refractivity contribution is -0.138. The maximum absolute atomic E-state index is 13.9.